The van der Waals surface area contributed by atoms with Crippen molar-refractivity contribution in [2.24, 2.45) is 0 Å². The molecule has 26 heavy (non-hydrogen) atoms. The Morgan fingerprint density at radius 2 is 1.92 bits per heavy atom. The minimum Gasteiger partial charge on any atom is -0.497 e. The highest BCUT2D eigenvalue weighted by Gasteiger charge is 2.12. The molecule has 0 spiro atoms. The molecule has 2 N–H and O–H groups in total. The maximum atomic E-state index is 11.9. The summed E-state index contributed by atoms with van der Waals surface area (Å²) in [5, 5.41) is 12.1. The molecule has 4 aromatic rings. The Bertz CT molecular complexity index is 1230. The van der Waals surface area contributed by atoms with Gasteiger partial charge in [0, 0.05) is 23.2 Å². The van der Waals surface area contributed by atoms with Crippen LogP contribution in [0.25, 0.3) is 21.8 Å². The Kier molecular flexibility index (Phi) is 3.77. The van der Waals surface area contributed by atoms with Crippen LogP contribution in [-0.4, -0.2) is 37.0 Å². The first-order chi connectivity index (χ1) is 12.5. The summed E-state index contributed by atoms with van der Waals surface area (Å²) in [6, 6.07) is 12.3. The molecule has 2 heterocycles. The third-order valence-corrected chi connectivity index (χ3v) is 5.27. The minimum atomic E-state index is -3.31. The van der Waals surface area contributed by atoms with Crippen LogP contribution >= 0.6 is 0 Å². The van der Waals surface area contributed by atoms with E-state index in [-0.39, 0.29) is 4.90 Å². The molecule has 0 radical (unpaired) electrons. The number of nitrogens with zero attached hydrogens (tertiary/aromatic N) is 2. The van der Waals surface area contributed by atoms with Crippen molar-refractivity contribution in [3.8, 4) is 5.75 Å². The highest BCUT2D eigenvalue weighted by atomic mass is 32.2. The number of nitrogens with one attached hydrogen (secondary N) is 2. The van der Waals surface area contributed by atoms with E-state index in [1.165, 1.54) is 6.26 Å². The van der Waals surface area contributed by atoms with Gasteiger partial charge in [-0.05, 0) is 42.5 Å². The van der Waals surface area contributed by atoms with Crippen molar-refractivity contribution in [3.63, 3.8) is 0 Å². The number of ether oxygens (including phenoxy) is 1. The molecular weight excluding hydrogens is 352 g/mol. The Labute approximate surface area is 149 Å². The average Bonchev–Trinajstić information content (AvgIpc) is 3.03. The fourth-order valence-corrected chi connectivity index (χ4v) is 3.46. The lowest BCUT2D eigenvalue weighted by Crippen LogP contribution is -1.98. The lowest BCUT2D eigenvalue weighted by molar-refractivity contribution is 0.415. The molecule has 0 atom stereocenters. The predicted molar refractivity (Wildman–Crippen MR) is 101 cm³/mol. The molecule has 2 aromatic carbocycles. The van der Waals surface area contributed by atoms with Crippen LogP contribution in [0.15, 0.2) is 53.6 Å². The second kappa shape index (κ2) is 5.99. The van der Waals surface area contributed by atoms with Crippen molar-refractivity contribution < 1.29 is 13.2 Å². The number of rotatable bonds is 4. The molecule has 0 fully saturated rings. The highest BCUT2D eigenvalue weighted by molar-refractivity contribution is 7.90. The van der Waals surface area contributed by atoms with Crippen LogP contribution in [0, 0.1) is 0 Å². The number of H-pyrrole nitrogens is 1. The summed E-state index contributed by atoms with van der Waals surface area (Å²) in [4.78, 5) is 4.55. The second-order valence-corrected chi connectivity index (χ2v) is 7.93. The molecule has 0 unspecified atom stereocenters. The topological polar surface area (TPSA) is 97.0 Å². The van der Waals surface area contributed by atoms with Gasteiger partial charge in [0.15, 0.2) is 15.7 Å². The molecule has 2 aromatic heterocycles. The molecule has 0 aliphatic heterocycles. The van der Waals surface area contributed by atoms with Crippen molar-refractivity contribution in [2.75, 3.05) is 18.7 Å². The number of anilines is 2. The van der Waals surface area contributed by atoms with Gasteiger partial charge in [-0.15, -0.1) is 0 Å². The van der Waals surface area contributed by atoms with Gasteiger partial charge in [0.25, 0.3) is 0 Å². The summed E-state index contributed by atoms with van der Waals surface area (Å²) >= 11 is 0. The summed E-state index contributed by atoms with van der Waals surface area (Å²) in [5.41, 5.74) is 2.28. The third kappa shape index (κ3) is 2.84. The van der Waals surface area contributed by atoms with Crippen molar-refractivity contribution in [1.82, 2.24) is 15.2 Å². The van der Waals surface area contributed by atoms with Crippen molar-refractivity contribution in [3.05, 3.63) is 48.7 Å². The molecule has 8 heteroatoms. The first-order valence-electron chi connectivity index (χ1n) is 7.84. The zero-order chi connectivity index (χ0) is 18.3. The molecule has 7 nitrogen and oxygen atoms in total. The molecule has 4 rings (SSSR count). The first kappa shape index (κ1) is 16.3. The lowest BCUT2D eigenvalue weighted by Gasteiger charge is -2.09. The molecular formula is C18H16N4O3S. The smallest absolute Gasteiger partial charge is 0.175 e. The van der Waals surface area contributed by atoms with E-state index in [4.69, 9.17) is 4.74 Å². The summed E-state index contributed by atoms with van der Waals surface area (Å²) in [5.74, 6) is 1.34. The number of hydrogen-bond acceptors (Lipinski definition) is 6. The maximum absolute atomic E-state index is 11.9. The minimum absolute atomic E-state index is 0.245. The van der Waals surface area contributed by atoms with Gasteiger partial charge in [0.1, 0.15) is 5.75 Å². The number of hydrogen-bond donors (Lipinski definition) is 2. The molecule has 0 amide bonds. The van der Waals surface area contributed by atoms with Crippen molar-refractivity contribution in [1.29, 1.82) is 0 Å². The fraction of sp³-hybridized carbons (Fsp3) is 0.111. The van der Waals surface area contributed by atoms with E-state index in [0.717, 1.165) is 22.3 Å². The van der Waals surface area contributed by atoms with Crippen LogP contribution in [0.5, 0.6) is 5.75 Å². The van der Waals surface area contributed by atoms with E-state index >= 15 is 0 Å². The van der Waals surface area contributed by atoms with Gasteiger partial charge in [0.2, 0.25) is 0 Å². The van der Waals surface area contributed by atoms with Crippen LogP contribution < -0.4 is 10.1 Å². The lowest BCUT2D eigenvalue weighted by atomic mass is 10.2. The number of fused-ring (bicyclic) bond motifs is 2. The zero-order valence-electron chi connectivity index (χ0n) is 14.1. The van der Waals surface area contributed by atoms with Crippen molar-refractivity contribution >= 4 is 43.1 Å². The van der Waals surface area contributed by atoms with Gasteiger partial charge >= 0.3 is 0 Å². The maximum Gasteiger partial charge on any atom is 0.175 e. The predicted octanol–water partition coefficient (Wildman–Crippen LogP) is 3.27. The normalized spacial score (nSPS) is 11.8. The molecule has 0 saturated heterocycles. The molecule has 0 aliphatic rings. The van der Waals surface area contributed by atoms with E-state index in [1.807, 2.05) is 18.2 Å². The van der Waals surface area contributed by atoms with Crippen molar-refractivity contribution in [2.45, 2.75) is 4.90 Å². The monoisotopic (exact) mass is 368 g/mol. The number of benzene rings is 2. The Balaban J connectivity index is 1.85. The number of sulfone groups is 1. The molecule has 132 valence electrons. The Morgan fingerprint density at radius 3 is 2.69 bits per heavy atom. The number of aromatic amines is 1. The summed E-state index contributed by atoms with van der Waals surface area (Å²) < 4.78 is 29.0. The van der Waals surface area contributed by atoms with Gasteiger partial charge in [-0.25, -0.2) is 8.42 Å². The standard InChI is InChI=1S/C18H16N4O3S/c1-25-11-3-5-17-14(9-11)18(22-21-17)20-16-7-8-19-15-6-4-12(10-13(15)16)26(2,23)24/h3-10H,1-2H3,(H2,19,20,21,22). The van der Waals surface area contributed by atoms with E-state index in [1.54, 1.807) is 37.6 Å². The van der Waals surface area contributed by atoms with Crippen LogP contribution in [-0.2, 0) is 9.84 Å². The van der Waals surface area contributed by atoms with Gasteiger partial charge in [-0.3, -0.25) is 10.1 Å². The summed E-state index contributed by atoms with van der Waals surface area (Å²) in [6.07, 6.45) is 2.85. The van der Waals surface area contributed by atoms with E-state index in [2.05, 4.69) is 20.5 Å². The quantitative estimate of drug-likeness (QED) is 0.574. The second-order valence-electron chi connectivity index (χ2n) is 5.92. The highest BCUT2D eigenvalue weighted by Crippen LogP contribution is 2.31. The van der Waals surface area contributed by atoms with E-state index in [0.29, 0.717) is 16.7 Å². The number of pyridine rings is 1. The van der Waals surface area contributed by atoms with Crippen LogP contribution in [0.3, 0.4) is 0 Å². The molecule has 0 bridgehead atoms. The fourth-order valence-electron chi connectivity index (χ4n) is 2.81. The van der Waals surface area contributed by atoms with Gasteiger partial charge < -0.3 is 10.1 Å². The first-order valence-corrected chi connectivity index (χ1v) is 9.73. The Hall–Kier alpha value is -3.13. The summed E-state index contributed by atoms with van der Waals surface area (Å²) in [6.45, 7) is 0. The average molecular weight is 368 g/mol. The molecule has 0 saturated carbocycles. The Morgan fingerprint density at radius 1 is 1.08 bits per heavy atom. The zero-order valence-corrected chi connectivity index (χ0v) is 15.0. The third-order valence-electron chi connectivity index (χ3n) is 4.16. The van der Waals surface area contributed by atoms with Crippen LogP contribution in [0.2, 0.25) is 0 Å². The van der Waals surface area contributed by atoms with Crippen LogP contribution in [0.4, 0.5) is 11.5 Å². The number of aromatic nitrogens is 3. The van der Waals surface area contributed by atoms with Gasteiger partial charge in [-0.1, -0.05) is 0 Å². The van der Waals surface area contributed by atoms with Gasteiger partial charge in [0.05, 0.1) is 28.7 Å². The van der Waals surface area contributed by atoms with Gasteiger partial charge in [-0.2, -0.15) is 5.10 Å². The van der Waals surface area contributed by atoms with Crippen LogP contribution in [0.1, 0.15) is 0 Å². The van der Waals surface area contributed by atoms with E-state index in [9.17, 15) is 8.42 Å². The van der Waals surface area contributed by atoms with E-state index < -0.39 is 9.84 Å². The largest absolute Gasteiger partial charge is 0.497 e. The number of methoxy groups -OCH3 is 1. The molecule has 0 aliphatic carbocycles. The SMILES string of the molecule is COc1ccc2[nH]nc(Nc3ccnc4ccc(S(C)(=O)=O)cc34)c2c1. The summed E-state index contributed by atoms with van der Waals surface area (Å²) in [7, 11) is -1.70.